The third-order valence-corrected chi connectivity index (χ3v) is 2.56. The normalized spacial score (nSPS) is 11.6. The number of nitrogens with zero attached hydrogens (tertiary/aromatic N) is 3. The van der Waals surface area contributed by atoms with Crippen LogP contribution in [0.3, 0.4) is 0 Å². The van der Waals surface area contributed by atoms with Crippen molar-refractivity contribution in [2.75, 3.05) is 21.2 Å². The Morgan fingerprint density at radius 2 is 2.17 bits per heavy atom. The van der Waals surface area contributed by atoms with Crippen molar-refractivity contribution in [2.45, 2.75) is 13.0 Å². The van der Waals surface area contributed by atoms with Crippen molar-refractivity contribution < 1.29 is 14.3 Å². The topological polar surface area (TPSA) is 84.4 Å². The molecule has 1 N–H and O–H groups in total. The maximum Gasteiger partial charge on any atom is 0.316 e. The van der Waals surface area contributed by atoms with Gasteiger partial charge in [0, 0.05) is 20.3 Å². The molecular formula is C11H16N4O3. The Morgan fingerprint density at radius 1 is 1.50 bits per heavy atom. The molecule has 1 aromatic rings. The van der Waals surface area contributed by atoms with E-state index in [1.165, 1.54) is 38.4 Å². The quantitative estimate of drug-likeness (QED) is 0.794. The number of amides is 2. The number of aromatic nitrogens is 2. The van der Waals surface area contributed by atoms with E-state index in [9.17, 15) is 9.59 Å². The summed E-state index contributed by atoms with van der Waals surface area (Å²) in [6.07, 6.45) is 1.43. The Kier molecular flexibility index (Phi) is 4.59. The Labute approximate surface area is 105 Å². The van der Waals surface area contributed by atoms with Crippen molar-refractivity contribution in [1.82, 2.24) is 20.2 Å². The summed E-state index contributed by atoms with van der Waals surface area (Å²) in [6.45, 7) is 1.63. The van der Waals surface area contributed by atoms with Crippen molar-refractivity contribution in [3.05, 3.63) is 18.0 Å². The van der Waals surface area contributed by atoms with Gasteiger partial charge in [0.2, 0.25) is 5.91 Å². The molecule has 7 heteroatoms. The molecule has 0 aliphatic carbocycles. The summed E-state index contributed by atoms with van der Waals surface area (Å²) in [4.78, 5) is 32.6. The lowest BCUT2D eigenvalue weighted by atomic mass is 10.2. The molecular weight excluding hydrogens is 236 g/mol. The van der Waals surface area contributed by atoms with Crippen LogP contribution in [0.4, 0.5) is 0 Å². The van der Waals surface area contributed by atoms with Gasteiger partial charge in [-0.1, -0.05) is 0 Å². The molecule has 0 bridgehead atoms. The fraction of sp³-hybridized carbons (Fsp3) is 0.455. The Morgan fingerprint density at radius 3 is 2.72 bits per heavy atom. The van der Waals surface area contributed by atoms with Crippen molar-refractivity contribution in [3.63, 3.8) is 0 Å². The fourth-order valence-electron chi connectivity index (χ4n) is 1.30. The maximum absolute atomic E-state index is 12.1. The van der Waals surface area contributed by atoms with E-state index < -0.39 is 6.04 Å². The summed E-state index contributed by atoms with van der Waals surface area (Å²) in [7, 11) is 4.47. The van der Waals surface area contributed by atoms with E-state index in [0.717, 1.165) is 0 Å². The highest BCUT2D eigenvalue weighted by Crippen LogP contribution is 2.07. The molecule has 1 rings (SSSR count). The van der Waals surface area contributed by atoms with E-state index >= 15 is 0 Å². The van der Waals surface area contributed by atoms with Crippen molar-refractivity contribution in [1.29, 1.82) is 0 Å². The van der Waals surface area contributed by atoms with Gasteiger partial charge in [-0.15, -0.1) is 0 Å². The molecule has 1 heterocycles. The molecule has 1 atom stereocenters. The monoisotopic (exact) mass is 252 g/mol. The van der Waals surface area contributed by atoms with Crippen LogP contribution in [0, 0.1) is 0 Å². The van der Waals surface area contributed by atoms with Crippen LogP contribution in [-0.4, -0.2) is 53.9 Å². The molecule has 0 fully saturated rings. The van der Waals surface area contributed by atoms with Gasteiger partial charge in [-0.2, -0.15) is 4.98 Å². The molecule has 0 saturated heterocycles. The predicted octanol–water partition coefficient (Wildman–Crippen LogP) is -0.308. The smallest absolute Gasteiger partial charge is 0.316 e. The number of hydrogen-bond acceptors (Lipinski definition) is 5. The predicted molar refractivity (Wildman–Crippen MR) is 64.2 cm³/mol. The first kappa shape index (κ1) is 13.9. The van der Waals surface area contributed by atoms with Crippen LogP contribution in [0.5, 0.6) is 6.01 Å². The van der Waals surface area contributed by atoms with Gasteiger partial charge in [-0.25, -0.2) is 4.98 Å². The van der Waals surface area contributed by atoms with Gasteiger partial charge in [0.25, 0.3) is 5.91 Å². The van der Waals surface area contributed by atoms with Crippen molar-refractivity contribution in [3.8, 4) is 6.01 Å². The van der Waals surface area contributed by atoms with Gasteiger partial charge in [0.05, 0.1) is 7.11 Å². The second-order valence-electron chi connectivity index (χ2n) is 3.63. The molecule has 0 aromatic carbocycles. The number of hydrogen-bond donors (Lipinski definition) is 1. The highest BCUT2D eigenvalue weighted by atomic mass is 16.5. The van der Waals surface area contributed by atoms with Crippen molar-refractivity contribution in [2.24, 2.45) is 0 Å². The standard InChI is InChI=1S/C11H16N4O3/c1-7(9(16)12-2)15(3)10(17)8-5-6-13-11(14-8)18-4/h5-7H,1-4H3,(H,12,16)/t7-/m0/s1. The van der Waals surface area contributed by atoms with Gasteiger partial charge in [-0.3, -0.25) is 9.59 Å². The van der Waals surface area contributed by atoms with Crippen LogP contribution >= 0.6 is 0 Å². The average molecular weight is 252 g/mol. The second kappa shape index (κ2) is 5.95. The molecule has 18 heavy (non-hydrogen) atoms. The lowest BCUT2D eigenvalue weighted by molar-refractivity contribution is -0.124. The molecule has 0 radical (unpaired) electrons. The molecule has 0 aliphatic rings. The molecule has 0 saturated carbocycles. The summed E-state index contributed by atoms with van der Waals surface area (Å²) < 4.78 is 4.84. The molecule has 0 aliphatic heterocycles. The van der Waals surface area contributed by atoms with Crippen molar-refractivity contribution >= 4 is 11.8 Å². The molecule has 0 unspecified atom stereocenters. The number of rotatable bonds is 4. The maximum atomic E-state index is 12.1. The van der Waals surface area contributed by atoms with Crippen LogP contribution in [0.15, 0.2) is 12.3 Å². The molecule has 0 spiro atoms. The molecule has 2 amide bonds. The third-order valence-electron chi connectivity index (χ3n) is 2.56. The molecule has 1 aromatic heterocycles. The van der Waals surface area contributed by atoms with Gasteiger partial charge >= 0.3 is 6.01 Å². The zero-order valence-electron chi connectivity index (χ0n) is 10.8. The largest absolute Gasteiger partial charge is 0.467 e. The highest BCUT2D eigenvalue weighted by Gasteiger charge is 2.23. The van der Waals surface area contributed by atoms with E-state index in [1.807, 2.05) is 0 Å². The van der Waals surface area contributed by atoms with E-state index in [1.54, 1.807) is 6.92 Å². The SMILES string of the molecule is CNC(=O)[C@H](C)N(C)C(=O)c1ccnc(OC)n1. The van der Waals surface area contributed by atoms with Gasteiger partial charge in [0.15, 0.2) is 0 Å². The average Bonchev–Trinajstić information content (AvgIpc) is 2.43. The van der Waals surface area contributed by atoms with Crippen LogP contribution in [0.25, 0.3) is 0 Å². The highest BCUT2D eigenvalue weighted by molar-refractivity contribution is 5.95. The fourth-order valence-corrected chi connectivity index (χ4v) is 1.30. The van der Waals surface area contributed by atoms with E-state index in [2.05, 4.69) is 15.3 Å². The van der Waals surface area contributed by atoms with Crippen LogP contribution < -0.4 is 10.1 Å². The number of likely N-dealkylation sites (N-methyl/N-ethyl adjacent to an activating group) is 2. The Balaban J connectivity index is 2.89. The number of nitrogens with one attached hydrogen (secondary N) is 1. The molecule has 98 valence electrons. The first-order valence-corrected chi connectivity index (χ1v) is 5.37. The second-order valence-corrected chi connectivity index (χ2v) is 3.63. The minimum Gasteiger partial charge on any atom is -0.467 e. The van der Waals surface area contributed by atoms with Gasteiger partial charge in [-0.05, 0) is 13.0 Å². The number of carbonyl (C=O) groups excluding carboxylic acids is 2. The van der Waals surface area contributed by atoms with Gasteiger partial charge < -0.3 is 15.0 Å². The zero-order valence-corrected chi connectivity index (χ0v) is 10.8. The summed E-state index contributed by atoms with van der Waals surface area (Å²) in [6, 6.07) is 1.00. The summed E-state index contributed by atoms with van der Waals surface area (Å²) in [5, 5.41) is 2.48. The Bertz CT molecular complexity index is 450. The minimum absolute atomic E-state index is 0.113. The van der Waals surface area contributed by atoms with Crippen LogP contribution in [-0.2, 0) is 4.79 Å². The first-order valence-electron chi connectivity index (χ1n) is 5.37. The third kappa shape index (κ3) is 2.93. The zero-order chi connectivity index (χ0) is 13.7. The van der Waals surface area contributed by atoms with Crippen LogP contribution in [0.2, 0.25) is 0 Å². The van der Waals surface area contributed by atoms with Gasteiger partial charge in [0.1, 0.15) is 11.7 Å². The number of ether oxygens (including phenoxy) is 1. The molecule has 7 nitrogen and oxygen atoms in total. The van der Waals surface area contributed by atoms with E-state index in [0.29, 0.717) is 0 Å². The minimum atomic E-state index is -0.580. The Hall–Kier alpha value is -2.18. The first-order chi connectivity index (χ1) is 8.51. The van der Waals surface area contributed by atoms with E-state index in [4.69, 9.17) is 4.74 Å². The summed E-state index contributed by atoms with van der Waals surface area (Å²) in [5.41, 5.74) is 0.181. The van der Waals surface area contributed by atoms with Crippen LogP contribution in [0.1, 0.15) is 17.4 Å². The number of methoxy groups -OCH3 is 1. The lowest BCUT2D eigenvalue weighted by Gasteiger charge is -2.23. The number of carbonyl (C=O) groups is 2. The van der Waals surface area contributed by atoms with E-state index in [-0.39, 0.29) is 23.5 Å². The lowest BCUT2D eigenvalue weighted by Crippen LogP contribution is -2.45. The summed E-state index contributed by atoms with van der Waals surface area (Å²) in [5.74, 6) is -0.612. The summed E-state index contributed by atoms with van der Waals surface area (Å²) >= 11 is 0.